The van der Waals surface area contributed by atoms with Gasteiger partial charge in [0.1, 0.15) is 0 Å². The lowest BCUT2D eigenvalue weighted by Crippen LogP contribution is -2.42. The highest BCUT2D eigenvalue weighted by Crippen LogP contribution is 2.26. The van der Waals surface area contributed by atoms with Crippen LogP contribution in [0.2, 0.25) is 5.02 Å². The zero-order valence-electron chi connectivity index (χ0n) is 8.86. The van der Waals surface area contributed by atoms with E-state index in [0.717, 1.165) is 30.1 Å². The molecule has 0 bridgehead atoms. The van der Waals surface area contributed by atoms with Crippen LogP contribution in [-0.4, -0.2) is 23.8 Å². The van der Waals surface area contributed by atoms with Gasteiger partial charge in [0.05, 0.1) is 6.10 Å². The summed E-state index contributed by atoms with van der Waals surface area (Å²) in [7, 11) is 0. The smallest absolute Gasteiger partial charge is 0.0576 e. The van der Waals surface area contributed by atoms with Crippen molar-refractivity contribution in [3.63, 3.8) is 0 Å². The topological polar surface area (TPSA) is 23.5 Å². The van der Waals surface area contributed by atoms with Gasteiger partial charge in [-0.15, -0.1) is 0 Å². The van der Waals surface area contributed by atoms with Gasteiger partial charge in [-0.05, 0) is 38.0 Å². The van der Waals surface area contributed by atoms with E-state index >= 15 is 0 Å². The molecule has 15 heavy (non-hydrogen) atoms. The molecule has 1 aromatic carbocycles. The number of anilines is 1. The Balaban J connectivity index is 2.17. The minimum Gasteiger partial charge on any atom is -0.393 e. The molecule has 1 saturated heterocycles. The van der Waals surface area contributed by atoms with E-state index in [4.69, 9.17) is 11.6 Å². The lowest BCUT2D eigenvalue weighted by molar-refractivity contribution is 0.131. The van der Waals surface area contributed by atoms with E-state index in [2.05, 4.69) is 17.9 Å². The van der Waals surface area contributed by atoms with Crippen molar-refractivity contribution >= 4 is 17.3 Å². The maximum atomic E-state index is 9.55. The standard InChI is InChI=1S/C12H16ClNO/c1-9-7-12(15)5-6-14(9)11-4-2-3-10(13)8-11/h2-4,8-9,12,15H,5-7H2,1H3. The Hall–Kier alpha value is -0.730. The molecule has 0 radical (unpaired) electrons. The number of halogens is 1. The predicted octanol–water partition coefficient (Wildman–Crippen LogP) is 2.69. The molecule has 1 N–H and O–H groups in total. The summed E-state index contributed by atoms with van der Waals surface area (Å²) < 4.78 is 0. The molecule has 1 heterocycles. The van der Waals surface area contributed by atoms with Crippen molar-refractivity contribution in [1.29, 1.82) is 0 Å². The third kappa shape index (κ3) is 2.44. The van der Waals surface area contributed by atoms with Crippen LogP contribution in [0, 0.1) is 0 Å². The van der Waals surface area contributed by atoms with Crippen LogP contribution in [0.25, 0.3) is 0 Å². The monoisotopic (exact) mass is 225 g/mol. The Bertz CT molecular complexity index is 342. The summed E-state index contributed by atoms with van der Waals surface area (Å²) in [5.41, 5.74) is 1.15. The second kappa shape index (κ2) is 4.42. The summed E-state index contributed by atoms with van der Waals surface area (Å²) in [5.74, 6) is 0. The van der Waals surface area contributed by atoms with Gasteiger partial charge in [0.2, 0.25) is 0 Å². The van der Waals surface area contributed by atoms with E-state index < -0.39 is 0 Å². The number of hydrogen-bond acceptors (Lipinski definition) is 2. The van der Waals surface area contributed by atoms with Crippen LogP contribution in [0.15, 0.2) is 24.3 Å². The summed E-state index contributed by atoms with van der Waals surface area (Å²) in [6.45, 7) is 3.05. The fraction of sp³-hybridized carbons (Fsp3) is 0.500. The zero-order valence-corrected chi connectivity index (χ0v) is 9.61. The van der Waals surface area contributed by atoms with Crippen LogP contribution in [-0.2, 0) is 0 Å². The summed E-state index contributed by atoms with van der Waals surface area (Å²) >= 11 is 5.96. The second-order valence-electron chi connectivity index (χ2n) is 4.20. The maximum Gasteiger partial charge on any atom is 0.0576 e. The SMILES string of the molecule is CC1CC(O)CCN1c1cccc(Cl)c1. The molecular formula is C12H16ClNO. The highest BCUT2D eigenvalue weighted by molar-refractivity contribution is 6.30. The molecule has 3 heteroatoms. The van der Waals surface area contributed by atoms with Gasteiger partial charge < -0.3 is 10.0 Å². The number of piperidine rings is 1. The normalized spacial score (nSPS) is 26.7. The first-order chi connectivity index (χ1) is 7.16. The molecule has 0 saturated carbocycles. The Morgan fingerprint density at radius 2 is 2.27 bits per heavy atom. The molecule has 82 valence electrons. The van der Waals surface area contributed by atoms with Gasteiger partial charge in [-0.3, -0.25) is 0 Å². The summed E-state index contributed by atoms with van der Waals surface area (Å²) in [5, 5.41) is 10.3. The summed E-state index contributed by atoms with van der Waals surface area (Å²) in [6.07, 6.45) is 1.54. The molecule has 0 amide bonds. The molecular weight excluding hydrogens is 210 g/mol. The van der Waals surface area contributed by atoms with Crippen LogP contribution in [0.3, 0.4) is 0 Å². The Morgan fingerprint density at radius 1 is 1.47 bits per heavy atom. The van der Waals surface area contributed by atoms with Crippen LogP contribution < -0.4 is 4.90 Å². The van der Waals surface area contributed by atoms with Gasteiger partial charge in [-0.2, -0.15) is 0 Å². The predicted molar refractivity (Wildman–Crippen MR) is 63.5 cm³/mol. The van der Waals surface area contributed by atoms with Gasteiger partial charge in [0, 0.05) is 23.3 Å². The van der Waals surface area contributed by atoms with Crippen molar-refractivity contribution in [2.75, 3.05) is 11.4 Å². The van der Waals surface area contributed by atoms with Crippen molar-refractivity contribution in [2.24, 2.45) is 0 Å². The van der Waals surface area contributed by atoms with Crippen LogP contribution in [0.4, 0.5) is 5.69 Å². The average molecular weight is 226 g/mol. The van der Waals surface area contributed by atoms with Crippen molar-refractivity contribution in [1.82, 2.24) is 0 Å². The molecule has 2 rings (SSSR count). The number of nitrogens with zero attached hydrogens (tertiary/aromatic N) is 1. The minimum absolute atomic E-state index is 0.143. The summed E-state index contributed by atoms with van der Waals surface area (Å²) in [6, 6.07) is 8.28. The molecule has 0 spiro atoms. The van der Waals surface area contributed by atoms with Gasteiger partial charge in [-0.25, -0.2) is 0 Å². The number of rotatable bonds is 1. The molecule has 2 atom stereocenters. The molecule has 2 nitrogen and oxygen atoms in total. The third-order valence-electron chi connectivity index (χ3n) is 2.99. The number of hydrogen-bond donors (Lipinski definition) is 1. The number of benzene rings is 1. The second-order valence-corrected chi connectivity index (χ2v) is 4.64. The van der Waals surface area contributed by atoms with Crippen LogP contribution >= 0.6 is 11.6 Å². The molecule has 0 aromatic heterocycles. The molecule has 1 fully saturated rings. The minimum atomic E-state index is -0.143. The highest BCUT2D eigenvalue weighted by Gasteiger charge is 2.23. The number of aliphatic hydroxyl groups excluding tert-OH is 1. The van der Waals surface area contributed by atoms with E-state index in [1.807, 2.05) is 18.2 Å². The van der Waals surface area contributed by atoms with Crippen molar-refractivity contribution in [3.05, 3.63) is 29.3 Å². The first kappa shape index (κ1) is 10.8. The van der Waals surface area contributed by atoms with E-state index in [0.29, 0.717) is 6.04 Å². The fourth-order valence-corrected chi connectivity index (χ4v) is 2.37. The molecule has 1 aromatic rings. The van der Waals surface area contributed by atoms with Gasteiger partial charge in [0.25, 0.3) is 0 Å². The lowest BCUT2D eigenvalue weighted by atomic mass is 10.00. The van der Waals surface area contributed by atoms with E-state index in [1.165, 1.54) is 0 Å². The average Bonchev–Trinajstić information content (AvgIpc) is 2.17. The zero-order chi connectivity index (χ0) is 10.8. The van der Waals surface area contributed by atoms with Gasteiger partial charge >= 0.3 is 0 Å². The first-order valence-electron chi connectivity index (χ1n) is 5.37. The quantitative estimate of drug-likeness (QED) is 0.795. The lowest BCUT2D eigenvalue weighted by Gasteiger charge is -2.37. The Labute approximate surface area is 95.5 Å². The van der Waals surface area contributed by atoms with Gasteiger partial charge in [-0.1, -0.05) is 17.7 Å². The van der Waals surface area contributed by atoms with Gasteiger partial charge in [0.15, 0.2) is 0 Å². The number of aliphatic hydroxyl groups is 1. The molecule has 2 unspecified atom stereocenters. The van der Waals surface area contributed by atoms with Crippen molar-refractivity contribution in [2.45, 2.75) is 31.9 Å². The van der Waals surface area contributed by atoms with E-state index in [-0.39, 0.29) is 6.10 Å². The molecule has 1 aliphatic heterocycles. The maximum absolute atomic E-state index is 9.55. The Morgan fingerprint density at radius 3 is 2.93 bits per heavy atom. The molecule has 0 aliphatic carbocycles. The third-order valence-corrected chi connectivity index (χ3v) is 3.22. The summed E-state index contributed by atoms with van der Waals surface area (Å²) in [4.78, 5) is 2.30. The van der Waals surface area contributed by atoms with E-state index in [1.54, 1.807) is 0 Å². The van der Waals surface area contributed by atoms with Crippen LogP contribution in [0.5, 0.6) is 0 Å². The molecule has 1 aliphatic rings. The Kier molecular flexibility index (Phi) is 3.17. The highest BCUT2D eigenvalue weighted by atomic mass is 35.5. The first-order valence-corrected chi connectivity index (χ1v) is 5.75. The van der Waals surface area contributed by atoms with Crippen molar-refractivity contribution < 1.29 is 5.11 Å². The fourth-order valence-electron chi connectivity index (χ4n) is 2.19. The largest absolute Gasteiger partial charge is 0.393 e. The van der Waals surface area contributed by atoms with Crippen molar-refractivity contribution in [3.8, 4) is 0 Å². The van der Waals surface area contributed by atoms with E-state index in [9.17, 15) is 5.11 Å². The van der Waals surface area contributed by atoms with Crippen LogP contribution in [0.1, 0.15) is 19.8 Å².